The Balaban J connectivity index is 1.76. The van der Waals surface area contributed by atoms with Gasteiger partial charge in [-0.05, 0) is 39.5 Å². The first-order chi connectivity index (χ1) is 12.6. The van der Waals surface area contributed by atoms with Crippen LogP contribution in [0.15, 0.2) is 4.99 Å². The van der Waals surface area contributed by atoms with E-state index in [0.29, 0.717) is 35.2 Å². The van der Waals surface area contributed by atoms with Gasteiger partial charge in [-0.3, -0.25) is 9.89 Å². The fraction of sp³-hybridized carbons (Fsp3) is 0.938. The lowest BCUT2D eigenvalue weighted by Gasteiger charge is -2.32. The van der Waals surface area contributed by atoms with Crippen molar-refractivity contribution in [1.82, 2.24) is 19.8 Å². The van der Waals surface area contributed by atoms with Crippen LogP contribution in [0.4, 0.5) is 13.2 Å². The molecule has 0 aromatic heterocycles. The zero-order valence-electron chi connectivity index (χ0n) is 16.1. The van der Waals surface area contributed by atoms with Gasteiger partial charge in [-0.25, -0.2) is 8.42 Å². The Bertz CT molecular complexity index is 610. The maximum atomic E-state index is 12.6. The number of aliphatic imine (C=N–C) groups is 1. The summed E-state index contributed by atoms with van der Waals surface area (Å²) >= 11 is 0. The Hall–Kier alpha value is -1.07. The summed E-state index contributed by atoms with van der Waals surface area (Å²) in [4.78, 5) is 6.60. The van der Waals surface area contributed by atoms with Crippen LogP contribution in [0.1, 0.15) is 39.5 Å². The van der Waals surface area contributed by atoms with Gasteiger partial charge in [-0.1, -0.05) is 0 Å². The van der Waals surface area contributed by atoms with E-state index in [1.54, 1.807) is 7.05 Å². The molecule has 0 amide bonds. The Morgan fingerprint density at radius 3 is 2.26 bits per heavy atom. The van der Waals surface area contributed by atoms with E-state index >= 15 is 0 Å². The second-order valence-corrected chi connectivity index (χ2v) is 9.26. The number of hydrogen-bond donors (Lipinski definition) is 2. The van der Waals surface area contributed by atoms with Crippen molar-refractivity contribution in [1.29, 1.82) is 0 Å². The Labute approximate surface area is 159 Å². The molecule has 158 valence electrons. The summed E-state index contributed by atoms with van der Waals surface area (Å²) in [5.41, 5.74) is -5.24. The summed E-state index contributed by atoms with van der Waals surface area (Å²) in [5.74, 6) is 0.589. The van der Waals surface area contributed by atoms with Crippen molar-refractivity contribution < 1.29 is 21.6 Å². The molecule has 2 fully saturated rings. The first kappa shape index (κ1) is 22.2. The van der Waals surface area contributed by atoms with Gasteiger partial charge in [-0.2, -0.15) is 17.5 Å². The summed E-state index contributed by atoms with van der Waals surface area (Å²) in [6.45, 7) is 5.65. The number of guanidine groups is 1. The Morgan fingerprint density at radius 1 is 1.22 bits per heavy atom. The molecular formula is C16H30F3N5O2S. The molecule has 11 heteroatoms. The summed E-state index contributed by atoms with van der Waals surface area (Å²) in [7, 11) is -3.60. The quantitative estimate of drug-likeness (QED) is 0.487. The number of piperidine rings is 1. The van der Waals surface area contributed by atoms with Crippen LogP contribution >= 0.6 is 0 Å². The molecule has 1 aliphatic heterocycles. The van der Waals surface area contributed by atoms with Crippen LogP contribution in [0, 0.1) is 0 Å². The van der Waals surface area contributed by atoms with Gasteiger partial charge >= 0.3 is 15.5 Å². The van der Waals surface area contributed by atoms with Crippen LogP contribution in [0.5, 0.6) is 0 Å². The lowest BCUT2D eigenvalue weighted by Crippen LogP contribution is -2.52. The van der Waals surface area contributed by atoms with Crippen molar-refractivity contribution in [3.8, 4) is 0 Å². The predicted molar refractivity (Wildman–Crippen MR) is 98.9 cm³/mol. The summed E-state index contributed by atoms with van der Waals surface area (Å²) < 4.78 is 61.3. The van der Waals surface area contributed by atoms with Gasteiger partial charge in [0.15, 0.2) is 5.96 Å². The average molecular weight is 414 g/mol. The molecule has 1 saturated carbocycles. The molecule has 2 aliphatic rings. The number of hydrogen-bond acceptors (Lipinski definition) is 4. The minimum absolute atomic E-state index is 0.111. The molecule has 7 nitrogen and oxygen atoms in total. The molecule has 1 heterocycles. The van der Waals surface area contributed by atoms with Crippen LogP contribution in [-0.2, 0) is 10.0 Å². The number of nitrogens with zero attached hydrogens (tertiary/aromatic N) is 3. The van der Waals surface area contributed by atoms with Crippen molar-refractivity contribution in [3.63, 3.8) is 0 Å². The fourth-order valence-electron chi connectivity index (χ4n) is 3.35. The van der Waals surface area contributed by atoms with E-state index < -0.39 is 15.5 Å². The van der Waals surface area contributed by atoms with E-state index in [2.05, 4.69) is 34.4 Å². The first-order valence-electron chi connectivity index (χ1n) is 9.35. The zero-order valence-corrected chi connectivity index (χ0v) is 16.9. The van der Waals surface area contributed by atoms with E-state index in [-0.39, 0.29) is 19.1 Å². The van der Waals surface area contributed by atoms with E-state index in [1.807, 2.05) is 0 Å². The fourth-order valence-corrected chi connectivity index (χ4v) is 4.33. The highest BCUT2D eigenvalue weighted by Crippen LogP contribution is 2.29. The third-order valence-corrected chi connectivity index (χ3v) is 6.62. The SMILES string of the molecule is CN=C(NCCN(C(C)C)C1CC1)NC1CCN(S(=O)(=O)C(F)(F)F)CC1. The number of rotatable bonds is 7. The molecule has 0 aromatic carbocycles. The van der Waals surface area contributed by atoms with E-state index in [4.69, 9.17) is 0 Å². The van der Waals surface area contributed by atoms with Gasteiger partial charge < -0.3 is 10.6 Å². The Morgan fingerprint density at radius 2 is 1.81 bits per heavy atom. The van der Waals surface area contributed by atoms with Crippen molar-refractivity contribution in [2.24, 2.45) is 4.99 Å². The molecule has 2 N–H and O–H groups in total. The molecule has 0 radical (unpaired) electrons. The highest BCUT2D eigenvalue weighted by atomic mass is 32.2. The third kappa shape index (κ3) is 5.95. The largest absolute Gasteiger partial charge is 0.511 e. The van der Waals surface area contributed by atoms with Crippen LogP contribution in [0.3, 0.4) is 0 Å². The standard InChI is InChI=1S/C16H30F3N5O2S/c1-12(2)24(14-4-5-14)11-8-21-15(20-3)22-13-6-9-23(10-7-13)27(25,26)16(17,18)19/h12-14H,4-11H2,1-3H3,(H2,20,21,22). The highest BCUT2D eigenvalue weighted by molar-refractivity contribution is 7.90. The molecule has 1 saturated heterocycles. The lowest BCUT2D eigenvalue weighted by atomic mass is 10.1. The monoisotopic (exact) mass is 413 g/mol. The molecule has 0 spiro atoms. The van der Waals surface area contributed by atoms with Crippen LogP contribution in [0.25, 0.3) is 0 Å². The van der Waals surface area contributed by atoms with Crippen molar-refractivity contribution in [2.45, 2.75) is 63.2 Å². The summed E-state index contributed by atoms with van der Waals surface area (Å²) in [5, 5.41) is 6.42. The summed E-state index contributed by atoms with van der Waals surface area (Å²) in [6, 6.07) is 1.04. The number of halogens is 3. The molecule has 0 unspecified atom stereocenters. The second kappa shape index (κ2) is 8.95. The molecule has 0 bridgehead atoms. The highest BCUT2D eigenvalue weighted by Gasteiger charge is 2.50. The van der Waals surface area contributed by atoms with E-state index in [9.17, 15) is 21.6 Å². The van der Waals surface area contributed by atoms with Crippen molar-refractivity contribution in [3.05, 3.63) is 0 Å². The first-order valence-corrected chi connectivity index (χ1v) is 10.8. The molecule has 2 rings (SSSR count). The molecule has 0 aromatic rings. The van der Waals surface area contributed by atoms with Gasteiger partial charge in [0.05, 0.1) is 0 Å². The van der Waals surface area contributed by atoms with E-state index in [1.165, 1.54) is 12.8 Å². The minimum atomic E-state index is -5.24. The number of sulfonamides is 1. The predicted octanol–water partition coefficient (Wildman–Crippen LogP) is 1.34. The van der Waals surface area contributed by atoms with Gasteiger partial charge in [-0.15, -0.1) is 0 Å². The lowest BCUT2D eigenvalue weighted by molar-refractivity contribution is -0.0494. The summed E-state index contributed by atoms with van der Waals surface area (Å²) in [6.07, 6.45) is 3.08. The normalized spacial score (nSPS) is 21.1. The van der Waals surface area contributed by atoms with Crippen molar-refractivity contribution >= 4 is 16.0 Å². The Kier molecular flexibility index (Phi) is 7.37. The van der Waals surface area contributed by atoms with Gasteiger partial charge in [0.25, 0.3) is 0 Å². The second-order valence-electron chi connectivity index (χ2n) is 7.33. The zero-order chi connectivity index (χ0) is 20.2. The molecule has 27 heavy (non-hydrogen) atoms. The van der Waals surface area contributed by atoms with Gasteiger partial charge in [0.1, 0.15) is 0 Å². The third-order valence-electron chi connectivity index (χ3n) is 4.99. The smallest absolute Gasteiger partial charge is 0.355 e. The molecule has 0 atom stereocenters. The number of nitrogens with one attached hydrogen (secondary N) is 2. The molecular weight excluding hydrogens is 383 g/mol. The van der Waals surface area contributed by atoms with Gasteiger partial charge in [0, 0.05) is 51.4 Å². The van der Waals surface area contributed by atoms with Gasteiger partial charge in [0.2, 0.25) is 0 Å². The molecule has 1 aliphatic carbocycles. The van der Waals surface area contributed by atoms with Crippen LogP contribution in [0.2, 0.25) is 0 Å². The van der Waals surface area contributed by atoms with Crippen LogP contribution in [-0.4, -0.2) is 80.4 Å². The maximum absolute atomic E-state index is 12.6. The minimum Gasteiger partial charge on any atom is -0.355 e. The van der Waals surface area contributed by atoms with Crippen LogP contribution < -0.4 is 10.6 Å². The van der Waals surface area contributed by atoms with Crippen molar-refractivity contribution in [2.75, 3.05) is 33.2 Å². The average Bonchev–Trinajstić information content (AvgIpc) is 3.41. The maximum Gasteiger partial charge on any atom is 0.511 e. The number of alkyl halides is 3. The van der Waals surface area contributed by atoms with E-state index in [0.717, 1.165) is 13.1 Å². The topological polar surface area (TPSA) is 77.0 Å².